The minimum absolute atomic E-state index is 0.200. The van der Waals surface area contributed by atoms with Crippen LogP contribution in [0, 0.1) is 11.8 Å². The Kier molecular flexibility index (Phi) is 19.7. The van der Waals surface area contributed by atoms with Gasteiger partial charge in [0.25, 0.3) is 0 Å². The van der Waals surface area contributed by atoms with Crippen LogP contribution in [0.3, 0.4) is 0 Å². The molecule has 0 N–H and O–H groups in total. The number of allylic oxidation sites excluding steroid dienone is 5. The maximum absolute atomic E-state index is 13.1. The Balaban J connectivity index is 2.67. The zero-order chi connectivity index (χ0) is 33.8. The first-order chi connectivity index (χ1) is 21.3. The van der Waals surface area contributed by atoms with Gasteiger partial charge in [-0.15, -0.1) is 0 Å². The number of rotatable bonds is 22. The average molecular weight is 644 g/mol. The van der Waals surface area contributed by atoms with Crippen molar-refractivity contribution in [3.05, 3.63) is 65.3 Å². The van der Waals surface area contributed by atoms with Crippen LogP contribution < -0.4 is 4.74 Å². The molecule has 0 radical (unpaired) electrons. The van der Waals surface area contributed by atoms with Crippen molar-refractivity contribution in [2.75, 3.05) is 26.9 Å². The predicted molar refractivity (Wildman–Crippen MR) is 188 cm³/mol. The lowest BCUT2D eigenvalue weighted by Gasteiger charge is -2.26. The number of hydrogen-bond donors (Lipinski definition) is 0. The fraction of sp³-hybridized carbons (Fsp3) is 0.622. The molecule has 254 valence electrons. The molecule has 0 saturated carbocycles. The van der Waals surface area contributed by atoms with E-state index >= 15 is 0 Å². The number of nitrogens with zero attached hydrogens (tertiary/aromatic N) is 1. The number of benzene rings is 1. The van der Waals surface area contributed by atoms with Gasteiger partial charge in [-0.3, -0.25) is 0 Å². The summed E-state index contributed by atoms with van der Waals surface area (Å²) in [5.74, 6) is 0.922. The molecule has 8 heteroatoms. The van der Waals surface area contributed by atoms with Crippen molar-refractivity contribution in [2.24, 2.45) is 11.8 Å². The van der Waals surface area contributed by atoms with Crippen LogP contribution in [-0.2, 0) is 25.5 Å². The molecule has 0 spiro atoms. The molecular weight excluding hydrogens is 582 g/mol. The van der Waals surface area contributed by atoms with E-state index < -0.39 is 8.07 Å². The van der Waals surface area contributed by atoms with Crippen molar-refractivity contribution in [1.29, 1.82) is 0 Å². The van der Waals surface area contributed by atoms with Crippen LogP contribution in [0.4, 0.5) is 4.79 Å². The summed E-state index contributed by atoms with van der Waals surface area (Å²) in [7, 11) is 0.365. The third-order valence-corrected chi connectivity index (χ3v) is 9.27. The van der Waals surface area contributed by atoms with Gasteiger partial charge in [0.05, 0.1) is 19.8 Å². The fourth-order valence-electron chi connectivity index (χ4n) is 4.76. The van der Waals surface area contributed by atoms with Crippen LogP contribution >= 0.6 is 0 Å². The Hall–Kier alpha value is -2.68. The Morgan fingerprint density at radius 1 is 1.04 bits per heavy atom. The molecule has 0 fully saturated rings. The van der Waals surface area contributed by atoms with Crippen LogP contribution in [0.15, 0.2) is 59.7 Å². The summed E-state index contributed by atoms with van der Waals surface area (Å²) in [5.41, 5.74) is 3.56. The molecule has 45 heavy (non-hydrogen) atoms. The van der Waals surface area contributed by atoms with Gasteiger partial charge in [0, 0.05) is 33.7 Å². The van der Waals surface area contributed by atoms with Gasteiger partial charge in [0.15, 0.2) is 6.29 Å². The van der Waals surface area contributed by atoms with Crippen molar-refractivity contribution in [3.63, 3.8) is 0 Å². The normalized spacial score (nSPS) is 15.4. The van der Waals surface area contributed by atoms with Crippen molar-refractivity contribution in [2.45, 2.75) is 112 Å². The lowest BCUT2D eigenvalue weighted by atomic mass is 10.00. The first-order valence-electron chi connectivity index (χ1n) is 16.5. The summed E-state index contributed by atoms with van der Waals surface area (Å²) in [4.78, 5) is 26.3. The summed E-state index contributed by atoms with van der Waals surface area (Å²) >= 11 is 0. The second-order valence-corrected chi connectivity index (χ2v) is 19.1. The van der Waals surface area contributed by atoms with E-state index in [1.165, 1.54) is 11.1 Å². The van der Waals surface area contributed by atoms with Gasteiger partial charge in [0.2, 0.25) is 0 Å². The molecule has 1 aromatic rings. The third-order valence-electron chi connectivity index (χ3n) is 7.57. The quantitative estimate of drug-likeness (QED) is 0.0412. The number of carbonyl (C=O) groups is 2. The molecule has 0 aromatic heterocycles. The van der Waals surface area contributed by atoms with Crippen LogP contribution in [0.25, 0.3) is 0 Å². The summed E-state index contributed by atoms with van der Waals surface area (Å²) in [6.07, 6.45) is 12.3. The van der Waals surface area contributed by atoms with E-state index in [0.29, 0.717) is 38.6 Å². The van der Waals surface area contributed by atoms with Gasteiger partial charge in [-0.1, -0.05) is 81.1 Å². The molecule has 0 aliphatic carbocycles. The molecule has 0 aliphatic rings. The van der Waals surface area contributed by atoms with E-state index in [0.717, 1.165) is 42.9 Å². The second-order valence-electron chi connectivity index (χ2n) is 13.4. The molecule has 1 amide bonds. The fourth-order valence-corrected chi connectivity index (χ4v) is 5.47. The van der Waals surface area contributed by atoms with Crippen molar-refractivity contribution >= 4 is 20.5 Å². The van der Waals surface area contributed by atoms with Crippen LogP contribution in [-0.4, -0.2) is 64.6 Å². The molecule has 0 bridgehead atoms. The van der Waals surface area contributed by atoms with Gasteiger partial charge in [-0.05, 0) is 83.0 Å². The Labute approximate surface area is 275 Å². The zero-order valence-electron chi connectivity index (χ0n) is 29.8. The molecule has 0 saturated heterocycles. The first kappa shape index (κ1) is 40.3. The van der Waals surface area contributed by atoms with Gasteiger partial charge in [-0.2, -0.15) is 0 Å². The monoisotopic (exact) mass is 643 g/mol. The van der Waals surface area contributed by atoms with Crippen molar-refractivity contribution in [3.8, 4) is 5.75 Å². The van der Waals surface area contributed by atoms with Crippen molar-refractivity contribution in [1.82, 2.24) is 4.90 Å². The average Bonchev–Trinajstić information content (AvgIpc) is 2.98. The van der Waals surface area contributed by atoms with E-state index in [1.807, 2.05) is 49.9 Å². The van der Waals surface area contributed by atoms with Gasteiger partial charge >= 0.3 is 6.09 Å². The molecule has 1 rings (SSSR count). The topological polar surface area (TPSA) is 74.3 Å². The number of aldehydes is 1. The summed E-state index contributed by atoms with van der Waals surface area (Å²) < 4.78 is 22.5. The van der Waals surface area contributed by atoms with Crippen molar-refractivity contribution < 1.29 is 28.5 Å². The van der Waals surface area contributed by atoms with E-state index in [-0.39, 0.29) is 24.4 Å². The van der Waals surface area contributed by atoms with Crippen LogP contribution in [0.1, 0.15) is 72.8 Å². The van der Waals surface area contributed by atoms with Gasteiger partial charge < -0.3 is 28.6 Å². The number of amides is 1. The van der Waals surface area contributed by atoms with Gasteiger partial charge in [-0.25, -0.2) is 4.79 Å². The standard InChI is InChI=1S/C37H61NO6Si/c1-11-42-33(6)44-36(32(5)28-39)22-17-30(3)25-29(2)15-13-12-14-16-31(4)26-38(37(40)43-23-24-45(8,9)10)27-34-18-20-35(41-7)21-19-34/h12-13,15,17-21,28,31-33,36H,11,14,16,22-27H2,1-10H3/b13-12+,29-15+,30-17+/t31-,32-,33?,36-/m0/s1. The molecule has 1 aromatic carbocycles. The third kappa shape index (κ3) is 18.8. The Morgan fingerprint density at radius 3 is 2.33 bits per heavy atom. The molecule has 0 heterocycles. The van der Waals surface area contributed by atoms with Crippen LogP contribution in [0.2, 0.25) is 25.7 Å². The highest BCUT2D eigenvalue weighted by molar-refractivity contribution is 6.76. The molecule has 4 atom stereocenters. The Bertz CT molecular complexity index is 1080. The largest absolute Gasteiger partial charge is 0.497 e. The predicted octanol–water partition coefficient (Wildman–Crippen LogP) is 9.22. The maximum atomic E-state index is 13.1. The number of carbonyl (C=O) groups excluding carboxylic acids is 2. The number of hydrogen-bond acceptors (Lipinski definition) is 6. The highest BCUT2D eigenvalue weighted by Crippen LogP contribution is 2.19. The highest BCUT2D eigenvalue weighted by Gasteiger charge is 2.21. The summed E-state index contributed by atoms with van der Waals surface area (Å²) in [5, 5.41) is 0. The second kappa shape index (κ2) is 21.9. The maximum Gasteiger partial charge on any atom is 0.410 e. The SMILES string of the molecule is CCOC(C)O[C@@H](C/C=C(\C)C/C(C)=C/C=C/CC[C@H](C)CN(Cc1ccc(OC)cc1)C(=O)OCC[Si](C)(C)C)[C@@H](C)C=O. The van der Waals surface area contributed by atoms with Gasteiger partial charge in [0.1, 0.15) is 12.0 Å². The van der Waals surface area contributed by atoms with E-state index in [9.17, 15) is 9.59 Å². The van der Waals surface area contributed by atoms with E-state index in [2.05, 4.69) is 64.7 Å². The molecule has 0 aliphatic heterocycles. The number of methoxy groups -OCH3 is 1. The summed E-state index contributed by atoms with van der Waals surface area (Å²) in [6, 6.07) is 8.81. The zero-order valence-corrected chi connectivity index (χ0v) is 30.8. The highest BCUT2D eigenvalue weighted by atomic mass is 28.3. The minimum atomic E-state index is -1.29. The smallest absolute Gasteiger partial charge is 0.410 e. The van der Waals surface area contributed by atoms with E-state index in [4.69, 9.17) is 18.9 Å². The lowest BCUT2D eigenvalue weighted by Crippen LogP contribution is -2.35. The minimum Gasteiger partial charge on any atom is -0.497 e. The lowest BCUT2D eigenvalue weighted by molar-refractivity contribution is -0.168. The first-order valence-corrected chi connectivity index (χ1v) is 20.2. The van der Waals surface area contributed by atoms with Crippen LogP contribution in [0.5, 0.6) is 5.75 Å². The number of ether oxygens (including phenoxy) is 4. The molecule has 7 nitrogen and oxygen atoms in total. The summed E-state index contributed by atoms with van der Waals surface area (Å²) in [6.45, 7) is 21.2. The molecule has 1 unspecified atom stereocenters. The Morgan fingerprint density at radius 2 is 1.73 bits per heavy atom. The van der Waals surface area contributed by atoms with E-state index in [1.54, 1.807) is 7.11 Å². The molecular formula is C37H61NO6Si.